The topological polar surface area (TPSA) is 3.88 Å². The largest absolute Gasteiger partial charge is 0.240 e. The molecule has 1 aromatic carbocycles. The summed E-state index contributed by atoms with van der Waals surface area (Å²) in [5.41, 5.74) is 1.31. The number of rotatable bonds is 3. The highest BCUT2D eigenvalue weighted by Gasteiger charge is 2.17. The van der Waals surface area contributed by atoms with Crippen molar-refractivity contribution in [2.45, 2.75) is 23.6 Å². The highest BCUT2D eigenvalue weighted by molar-refractivity contribution is 8.01. The van der Waals surface area contributed by atoms with Crippen molar-refractivity contribution in [3.05, 3.63) is 23.2 Å². The number of aryl methyl sites for hydroxylation is 1. The van der Waals surface area contributed by atoms with E-state index < -0.39 is 0 Å². The second kappa shape index (κ2) is 5.46. The lowest BCUT2D eigenvalue weighted by molar-refractivity contribution is -0.541. The Bertz CT molecular complexity index is 570. The number of benzene rings is 1. The molecule has 1 heterocycles. The molecule has 17 heavy (non-hydrogen) atoms. The van der Waals surface area contributed by atoms with Gasteiger partial charge in [-0.3, -0.25) is 0 Å². The minimum atomic E-state index is 1.31. The van der Waals surface area contributed by atoms with E-state index in [9.17, 15) is 0 Å². The van der Waals surface area contributed by atoms with Gasteiger partial charge in [0.25, 0.3) is 0 Å². The van der Waals surface area contributed by atoms with Gasteiger partial charge in [-0.2, -0.15) is 4.57 Å². The summed E-state index contributed by atoms with van der Waals surface area (Å²) in [6.07, 6.45) is 8.50. The van der Waals surface area contributed by atoms with Crippen LogP contribution >= 0.6 is 34.9 Å². The number of hydrogen-bond acceptors (Lipinski definition) is 3. The number of hydrogen-bond donors (Lipinski definition) is 0. The lowest BCUT2D eigenvalue weighted by Gasteiger charge is -2.02. The fourth-order valence-corrected chi connectivity index (χ4v) is 4.41. The first-order valence-corrected chi connectivity index (χ1v) is 8.67. The zero-order valence-corrected chi connectivity index (χ0v) is 12.9. The Balaban J connectivity index is 2.74. The van der Waals surface area contributed by atoms with Crippen LogP contribution in [0.25, 0.3) is 16.4 Å². The van der Waals surface area contributed by atoms with Crippen LogP contribution < -0.4 is 4.57 Å². The first-order chi connectivity index (χ1) is 8.21. The van der Waals surface area contributed by atoms with Crippen LogP contribution in [0, 0.1) is 6.92 Å². The van der Waals surface area contributed by atoms with E-state index in [2.05, 4.69) is 55.3 Å². The Morgan fingerprint density at radius 2 is 1.82 bits per heavy atom. The molecule has 0 amide bonds. The van der Waals surface area contributed by atoms with E-state index in [4.69, 9.17) is 0 Å². The van der Waals surface area contributed by atoms with Gasteiger partial charge in [-0.1, -0.05) is 11.3 Å². The van der Waals surface area contributed by atoms with Crippen LogP contribution in [0.15, 0.2) is 28.0 Å². The van der Waals surface area contributed by atoms with Crippen molar-refractivity contribution in [3.63, 3.8) is 0 Å². The zero-order valence-electron chi connectivity index (χ0n) is 10.5. The van der Waals surface area contributed by atoms with Gasteiger partial charge < -0.3 is 0 Å². The molecule has 2 aromatic rings. The monoisotopic (exact) mass is 282 g/mol. The maximum absolute atomic E-state index is 2.31. The molecule has 0 atom stereocenters. The number of allylic oxidation sites excluding steroid dienone is 1. The molecule has 0 N–H and O–H groups in total. The summed E-state index contributed by atoms with van der Waals surface area (Å²) in [4.78, 5) is 2.74. The fraction of sp³-hybridized carbons (Fsp3) is 0.308. The zero-order chi connectivity index (χ0) is 12.4. The summed E-state index contributed by atoms with van der Waals surface area (Å²) in [5, 5.41) is 1.32. The summed E-state index contributed by atoms with van der Waals surface area (Å²) in [6, 6.07) is 4.61. The van der Waals surface area contributed by atoms with Gasteiger partial charge in [0.1, 0.15) is 4.70 Å². The normalized spacial score (nSPS) is 11.8. The molecule has 1 nitrogen and oxygen atoms in total. The molecule has 0 radical (unpaired) electrons. The molecule has 2 rings (SSSR count). The van der Waals surface area contributed by atoms with Crippen molar-refractivity contribution in [1.82, 2.24) is 0 Å². The van der Waals surface area contributed by atoms with Crippen molar-refractivity contribution in [2.75, 3.05) is 12.5 Å². The smallest absolute Gasteiger partial charge is 0.154 e. The third-order valence-electron chi connectivity index (χ3n) is 2.62. The molecule has 90 valence electrons. The summed E-state index contributed by atoms with van der Waals surface area (Å²) in [5.74, 6) is 0. The van der Waals surface area contributed by atoms with Crippen molar-refractivity contribution >= 4 is 51.3 Å². The van der Waals surface area contributed by atoms with Gasteiger partial charge in [-0.25, -0.2) is 0 Å². The van der Waals surface area contributed by atoms with Crippen LogP contribution in [0.3, 0.4) is 0 Å². The quantitative estimate of drug-likeness (QED) is 0.605. The molecular formula is C13H16NS3+. The van der Waals surface area contributed by atoms with Crippen LogP contribution in [0.2, 0.25) is 0 Å². The van der Waals surface area contributed by atoms with E-state index in [0.717, 1.165) is 0 Å². The number of nitrogens with zero attached hydrogens (tertiary/aromatic N) is 1. The van der Waals surface area contributed by atoms with Gasteiger partial charge >= 0.3 is 0 Å². The second-order valence-corrected chi connectivity index (χ2v) is 6.58. The molecule has 0 aliphatic carbocycles. The highest BCUT2D eigenvalue weighted by Crippen LogP contribution is 2.33. The predicted octanol–water partition coefficient (Wildman–Crippen LogP) is 4.43. The van der Waals surface area contributed by atoms with Gasteiger partial charge in [0, 0.05) is 22.8 Å². The minimum absolute atomic E-state index is 1.31. The van der Waals surface area contributed by atoms with E-state index in [-0.39, 0.29) is 0 Å². The summed E-state index contributed by atoms with van der Waals surface area (Å²) in [7, 11) is 0. The van der Waals surface area contributed by atoms with Crippen LogP contribution in [-0.2, 0) is 0 Å². The summed E-state index contributed by atoms with van der Waals surface area (Å²) < 4.78 is 3.63. The Labute approximate surface area is 115 Å². The average Bonchev–Trinajstić information content (AvgIpc) is 2.64. The van der Waals surface area contributed by atoms with Crippen molar-refractivity contribution in [1.29, 1.82) is 0 Å². The number of fused-ring (bicyclic) bond motifs is 1. The minimum Gasteiger partial charge on any atom is -0.154 e. The first-order valence-electron chi connectivity index (χ1n) is 5.40. The second-order valence-electron chi connectivity index (χ2n) is 3.65. The Kier molecular flexibility index (Phi) is 4.17. The van der Waals surface area contributed by atoms with Gasteiger partial charge in [0.15, 0.2) is 6.20 Å². The Morgan fingerprint density at radius 1 is 1.18 bits per heavy atom. The molecule has 4 heteroatoms. The molecule has 0 unspecified atom stereocenters. The maximum atomic E-state index is 2.31. The lowest BCUT2D eigenvalue weighted by Crippen LogP contribution is -2.26. The standard InChI is InChI=1S/C13H16NS3/c1-5-6-14-9(2)17-11-8-13(16-4)12(15-3)7-10(11)14/h5-8H,1-4H3/q+1. The molecule has 0 saturated heterocycles. The van der Waals surface area contributed by atoms with E-state index in [1.807, 2.05) is 34.9 Å². The number of thiazole rings is 1. The van der Waals surface area contributed by atoms with E-state index in [0.29, 0.717) is 0 Å². The van der Waals surface area contributed by atoms with E-state index in [1.54, 1.807) is 0 Å². The molecule has 0 fully saturated rings. The van der Waals surface area contributed by atoms with E-state index >= 15 is 0 Å². The van der Waals surface area contributed by atoms with Crippen LogP contribution in [0.5, 0.6) is 0 Å². The van der Waals surface area contributed by atoms with Gasteiger partial charge in [0.2, 0.25) is 10.5 Å². The Hall–Kier alpha value is -0.450. The lowest BCUT2D eigenvalue weighted by atomic mass is 10.3. The molecule has 0 bridgehead atoms. The van der Waals surface area contributed by atoms with Crippen molar-refractivity contribution < 1.29 is 4.57 Å². The van der Waals surface area contributed by atoms with Crippen molar-refractivity contribution in [3.8, 4) is 0 Å². The molecular weight excluding hydrogens is 266 g/mol. The first kappa shape index (κ1) is 13.0. The van der Waals surface area contributed by atoms with Gasteiger partial charge in [-0.05, 0) is 31.6 Å². The Morgan fingerprint density at radius 3 is 2.41 bits per heavy atom. The van der Waals surface area contributed by atoms with Crippen molar-refractivity contribution in [2.24, 2.45) is 0 Å². The molecule has 0 aliphatic rings. The maximum Gasteiger partial charge on any atom is 0.240 e. The molecule has 0 aliphatic heterocycles. The molecule has 0 spiro atoms. The van der Waals surface area contributed by atoms with Gasteiger partial charge in [-0.15, -0.1) is 23.5 Å². The van der Waals surface area contributed by atoms with E-state index in [1.165, 1.54) is 25.0 Å². The fourth-order valence-electron chi connectivity index (χ4n) is 1.83. The summed E-state index contributed by atoms with van der Waals surface area (Å²) in [6.45, 7) is 4.23. The highest BCUT2D eigenvalue weighted by atomic mass is 32.2. The predicted molar refractivity (Wildman–Crippen MR) is 81.3 cm³/mol. The number of thioether (sulfide) groups is 2. The average molecular weight is 282 g/mol. The van der Waals surface area contributed by atoms with Crippen LogP contribution in [0.4, 0.5) is 0 Å². The third kappa shape index (κ3) is 2.39. The van der Waals surface area contributed by atoms with Crippen LogP contribution in [-0.4, -0.2) is 12.5 Å². The van der Waals surface area contributed by atoms with Crippen LogP contribution in [0.1, 0.15) is 11.9 Å². The summed E-state index contributed by atoms with van der Waals surface area (Å²) >= 11 is 5.50. The molecule has 1 aromatic heterocycles. The molecule has 0 saturated carbocycles. The van der Waals surface area contributed by atoms with Gasteiger partial charge in [0.05, 0.1) is 0 Å². The number of aromatic nitrogens is 1. The third-order valence-corrected chi connectivity index (χ3v) is 5.34. The SMILES string of the molecule is CC=C[n+]1c(C)sc2cc(SC)c(SC)cc21.